The van der Waals surface area contributed by atoms with Crippen LogP contribution in [0.4, 0.5) is 5.69 Å². The van der Waals surface area contributed by atoms with Gasteiger partial charge in [0.15, 0.2) is 0 Å². The van der Waals surface area contributed by atoms with Crippen molar-refractivity contribution in [2.45, 2.75) is 0 Å². The van der Waals surface area contributed by atoms with Crippen LogP contribution in [0.25, 0.3) is 21.0 Å². The average molecular weight is 201 g/mol. The van der Waals surface area contributed by atoms with Crippen molar-refractivity contribution in [2.75, 3.05) is 5.73 Å². The highest BCUT2D eigenvalue weighted by atomic mass is 32.1. The third kappa shape index (κ3) is 0.914. The molecule has 0 fully saturated rings. The maximum atomic E-state index is 5.92. The van der Waals surface area contributed by atoms with E-state index < -0.39 is 0 Å². The van der Waals surface area contributed by atoms with Crippen molar-refractivity contribution in [3.63, 3.8) is 0 Å². The Morgan fingerprint density at radius 2 is 2.07 bits per heavy atom. The first-order valence-corrected chi connectivity index (χ1v) is 5.03. The number of fused-ring (bicyclic) bond motifs is 3. The first kappa shape index (κ1) is 7.70. The van der Waals surface area contributed by atoms with E-state index in [4.69, 9.17) is 5.73 Å². The standard InChI is InChI=1S/C10H7N3S/c11-7-3-1-2-6-4-5-8-10(9(6)7)12-13-14-8/h1-5H,11H2. The minimum atomic E-state index is 0.765. The topological polar surface area (TPSA) is 51.8 Å². The Balaban J connectivity index is 2.67. The summed E-state index contributed by atoms with van der Waals surface area (Å²) in [7, 11) is 0. The predicted molar refractivity (Wildman–Crippen MR) is 59.3 cm³/mol. The van der Waals surface area contributed by atoms with Crippen LogP contribution in [-0.4, -0.2) is 9.59 Å². The van der Waals surface area contributed by atoms with Gasteiger partial charge in [-0.15, -0.1) is 5.10 Å². The second-order valence-electron chi connectivity index (χ2n) is 3.13. The van der Waals surface area contributed by atoms with Gasteiger partial charge in [0.2, 0.25) is 0 Å². The van der Waals surface area contributed by atoms with E-state index in [-0.39, 0.29) is 0 Å². The second kappa shape index (κ2) is 2.65. The molecule has 0 spiro atoms. The average Bonchev–Trinajstić information content (AvgIpc) is 2.65. The van der Waals surface area contributed by atoms with Crippen LogP contribution in [-0.2, 0) is 0 Å². The number of nitrogen functional groups attached to an aromatic ring is 1. The fourth-order valence-electron chi connectivity index (χ4n) is 1.65. The molecule has 0 atom stereocenters. The van der Waals surface area contributed by atoms with E-state index in [9.17, 15) is 0 Å². The van der Waals surface area contributed by atoms with E-state index in [1.165, 1.54) is 11.5 Å². The molecule has 0 saturated heterocycles. The van der Waals surface area contributed by atoms with Crippen molar-refractivity contribution in [1.29, 1.82) is 0 Å². The molecule has 4 heteroatoms. The van der Waals surface area contributed by atoms with Crippen LogP contribution in [0.5, 0.6) is 0 Å². The van der Waals surface area contributed by atoms with Gasteiger partial charge in [-0.3, -0.25) is 0 Å². The van der Waals surface area contributed by atoms with Gasteiger partial charge in [-0.1, -0.05) is 22.7 Å². The van der Waals surface area contributed by atoms with Crippen LogP contribution in [0.2, 0.25) is 0 Å². The second-order valence-corrected chi connectivity index (χ2v) is 3.92. The van der Waals surface area contributed by atoms with Gasteiger partial charge < -0.3 is 5.73 Å². The largest absolute Gasteiger partial charge is 0.398 e. The summed E-state index contributed by atoms with van der Waals surface area (Å²) in [5.74, 6) is 0. The molecule has 68 valence electrons. The van der Waals surface area contributed by atoms with Gasteiger partial charge >= 0.3 is 0 Å². The lowest BCUT2D eigenvalue weighted by molar-refractivity contribution is 1.20. The lowest BCUT2D eigenvalue weighted by Gasteiger charge is -2.00. The normalized spacial score (nSPS) is 11.1. The van der Waals surface area contributed by atoms with E-state index in [1.54, 1.807) is 0 Å². The summed E-state index contributed by atoms with van der Waals surface area (Å²) in [6.07, 6.45) is 0. The van der Waals surface area contributed by atoms with Crippen molar-refractivity contribution >= 4 is 38.2 Å². The van der Waals surface area contributed by atoms with Gasteiger partial charge in [0.25, 0.3) is 0 Å². The number of aromatic nitrogens is 2. The maximum Gasteiger partial charge on any atom is 0.115 e. The Morgan fingerprint density at radius 1 is 1.14 bits per heavy atom. The summed E-state index contributed by atoms with van der Waals surface area (Å²) in [5, 5.41) is 6.22. The number of hydrogen-bond acceptors (Lipinski definition) is 4. The van der Waals surface area contributed by atoms with Crippen LogP contribution in [0.3, 0.4) is 0 Å². The lowest BCUT2D eigenvalue weighted by atomic mass is 10.1. The van der Waals surface area contributed by atoms with E-state index >= 15 is 0 Å². The quantitative estimate of drug-likeness (QED) is 0.568. The number of nitrogens with two attached hydrogens (primary N) is 1. The Bertz CT molecular complexity index is 615. The molecule has 0 saturated carbocycles. The molecule has 3 rings (SSSR count). The lowest BCUT2D eigenvalue weighted by Crippen LogP contribution is -1.87. The molecular formula is C10H7N3S. The zero-order valence-corrected chi connectivity index (χ0v) is 8.08. The summed E-state index contributed by atoms with van der Waals surface area (Å²) in [6.45, 7) is 0. The number of anilines is 1. The number of benzene rings is 2. The number of rotatable bonds is 0. The van der Waals surface area contributed by atoms with E-state index in [0.717, 1.165) is 26.7 Å². The van der Waals surface area contributed by atoms with Crippen molar-refractivity contribution in [3.05, 3.63) is 30.3 Å². The molecule has 0 radical (unpaired) electrons. The smallest absolute Gasteiger partial charge is 0.115 e. The zero-order valence-electron chi connectivity index (χ0n) is 7.27. The molecule has 3 nitrogen and oxygen atoms in total. The van der Waals surface area contributed by atoms with Crippen molar-refractivity contribution in [2.24, 2.45) is 0 Å². The molecule has 1 aromatic heterocycles. The minimum absolute atomic E-state index is 0.765. The summed E-state index contributed by atoms with van der Waals surface area (Å²) in [6, 6.07) is 9.95. The Kier molecular flexibility index (Phi) is 1.46. The Labute approximate surface area is 84.3 Å². The highest BCUT2D eigenvalue weighted by molar-refractivity contribution is 7.13. The molecule has 0 bridgehead atoms. The maximum absolute atomic E-state index is 5.92. The molecule has 3 aromatic rings. The Hall–Kier alpha value is -1.68. The first-order chi connectivity index (χ1) is 6.86. The fourth-order valence-corrected chi connectivity index (χ4v) is 2.22. The van der Waals surface area contributed by atoms with Crippen LogP contribution in [0, 0.1) is 0 Å². The monoisotopic (exact) mass is 201 g/mol. The van der Waals surface area contributed by atoms with Crippen molar-refractivity contribution in [3.8, 4) is 0 Å². The first-order valence-electron chi connectivity index (χ1n) is 4.25. The molecular weight excluding hydrogens is 194 g/mol. The minimum Gasteiger partial charge on any atom is -0.398 e. The van der Waals surface area contributed by atoms with Gasteiger partial charge in [-0.2, -0.15) is 0 Å². The van der Waals surface area contributed by atoms with E-state index in [1.807, 2.05) is 30.3 Å². The number of hydrogen-bond donors (Lipinski definition) is 1. The molecule has 0 aliphatic rings. The predicted octanol–water partition coefficient (Wildman–Crippen LogP) is 2.43. The van der Waals surface area contributed by atoms with E-state index in [2.05, 4.69) is 9.59 Å². The van der Waals surface area contributed by atoms with Crippen LogP contribution in [0.15, 0.2) is 30.3 Å². The summed E-state index contributed by atoms with van der Waals surface area (Å²) < 4.78 is 5.01. The molecule has 1 heterocycles. The van der Waals surface area contributed by atoms with Crippen molar-refractivity contribution < 1.29 is 0 Å². The van der Waals surface area contributed by atoms with E-state index in [0.29, 0.717) is 0 Å². The van der Waals surface area contributed by atoms with Gasteiger partial charge in [-0.25, -0.2) is 0 Å². The van der Waals surface area contributed by atoms with Gasteiger partial charge in [-0.05, 0) is 29.1 Å². The third-order valence-corrected chi connectivity index (χ3v) is 2.98. The molecule has 2 N–H and O–H groups in total. The van der Waals surface area contributed by atoms with Crippen LogP contribution >= 0.6 is 11.5 Å². The van der Waals surface area contributed by atoms with Crippen molar-refractivity contribution in [1.82, 2.24) is 9.59 Å². The summed E-state index contributed by atoms with van der Waals surface area (Å²) in [5.41, 5.74) is 7.59. The fraction of sp³-hybridized carbons (Fsp3) is 0. The van der Waals surface area contributed by atoms with Gasteiger partial charge in [0, 0.05) is 11.1 Å². The molecule has 0 unspecified atom stereocenters. The summed E-state index contributed by atoms with van der Waals surface area (Å²) in [4.78, 5) is 0. The molecule has 0 aliphatic heterocycles. The highest BCUT2D eigenvalue weighted by Gasteiger charge is 2.05. The van der Waals surface area contributed by atoms with Gasteiger partial charge in [0.1, 0.15) is 5.52 Å². The zero-order chi connectivity index (χ0) is 9.54. The Morgan fingerprint density at radius 3 is 3.00 bits per heavy atom. The number of nitrogens with zero attached hydrogens (tertiary/aromatic N) is 2. The SMILES string of the molecule is Nc1cccc2ccc3snnc3c12. The summed E-state index contributed by atoms with van der Waals surface area (Å²) >= 11 is 1.39. The molecule has 0 amide bonds. The van der Waals surface area contributed by atoms with Crippen LogP contribution in [0.1, 0.15) is 0 Å². The highest BCUT2D eigenvalue weighted by Crippen LogP contribution is 2.29. The molecule has 14 heavy (non-hydrogen) atoms. The van der Waals surface area contributed by atoms with Crippen LogP contribution < -0.4 is 5.73 Å². The van der Waals surface area contributed by atoms with Gasteiger partial charge in [0.05, 0.1) is 4.70 Å². The third-order valence-electron chi connectivity index (χ3n) is 2.29. The molecule has 2 aromatic carbocycles. The molecule has 0 aliphatic carbocycles.